The maximum absolute atomic E-state index is 3.94. The highest BCUT2D eigenvalue weighted by molar-refractivity contribution is 7.99. The molecule has 1 aliphatic heterocycles. The van der Waals surface area contributed by atoms with Crippen LogP contribution in [0.5, 0.6) is 0 Å². The highest BCUT2D eigenvalue weighted by Gasteiger charge is 2.35. The molecule has 0 aromatic heterocycles. The summed E-state index contributed by atoms with van der Waals surface area (Å²) < 4.78 is 0. The van der Waals surface area contributed by atoms with Crippen molar-refractivity contribution < 1.29 is 0 Å². The van der Waals surface area contributed by atoms with Crippen LogP contribution < -0.4 is 5.32 Å². The predicted octanol–water partition coefficient (Wildman–Crippen LogP) is 4.89. The summed E-state index contributed by atoms with van der Waals surface area (Å²) in [6, 6.07) is 19.9. The zero-order chi connectivity index (χ0) is 14.9. The quantitative estimate of drug-likeness (QED) is 0.847. The van der Waals surface area contributed by atoms with Gasteiger partial charge in [-0.1, -0.05) is 62.4 Å². The van der Waals surface area contributed by atoms with Crippen LogP contribution in [0, 0.1) is 5.92 Å². The molecule has 2 atom stereocenters. The first kappa shape index (κ1) is 14.7. The third kappa shape index (κ3) is 2.88. The molecule has 1 N–H and O–H groups in total. The molecule has 0 spiro atoms. The molecule has 0 unspecified atom stereocenters. The monoisotopic (exact) mass is 297 g/mol. The average molecular weight is 297 g/mol. The molecule has 0 bridgehead atoms. The zero-order valence-electron chi connectivity index (χ0n) is 13.0. The minimum Gasteiger partial charge on any atom is -0.300 e. The van der Waals surface area contributed by atoms with Gasteiger partial charge in [0.2, 0.25) is 0 Å². The Morgan fingerprint density at radius 3 is 2.43 bits per heavy atom. The van der Waals surface area contributed by atoms with Crippen molar-refractivity contribution in [2.75, 3.05) is 5.75 Å². The summed E-state index contributed by atoms with van der Waals surface area (Å²) in [4.78, 5) is 1.41. The van der Waals surface area contributed by atoms with Crippen LogP contribution in [0.2, 0.25) is 0 Å². The molecular weight excluding hydrogens is 274 g/mol. The van der Waals surface area contributed by atoms with Gasteiger partial charge in [0.05, 0.1) is 6.04 Å². The molecule has 0 radical (unpaired) electrons. The van der Waals surface area contributed by atoms with E-state index >= 15 is 0 Å². The fraction of sp³-hybridized carbons (Fsp3) is 0.368. The van der Waals surface area contributed by atoms with E-state index in [9.17, 15) is 0 Å². The molecule has 2 heteroatoms. The van der Waals surface area contributed by atoms with Gasteiger partial charge < -0.3 is 0 Å². The summed E-state index contributed by atoms with van der Waals surface area (Å²) >= 11 is 1.98. The molecule has 3 rings (SSSR count). The molecule has 1 nitrogen and oxygen atoms in total. The Morgan fingerprint density at radius 2 is 1.71 bits per heavy atom. The van der Waals surface area contributed by atoms with Gasteiger partial charge in [0.25, 0.3) is 0 Å². The van der Waals surface area contributed by atoms with E-state index in [1.54, 1.807) is 0 Å². The normalized spacial score (nSPS) is 25.4. The van der Waals surface area contributed by atoms with Crippen molar-refractivity contribution in [3.05, 3.63) is 65.7 Å². The Morgan fingerprint density at radius 1 is 1.05 bits per heavy atom. The van der Waals surface area contributed by atoms with Gasteiger partial charge in [0.1, 0.15) is 0 Å². The molecule has 2 aromatic rings. The lowest BCUT2D eigenvalue weighted by Gasteiger charge is -2.36. The van der Waals surface area contributed by atoms with Crippen molar-refractivity contribution >= 4 is 11.8 Å². The van der Waals surface area contributed by atoms with Gasteiger partial charge in [-0.3, -0.25) is 5.32 Å². The third-order valence-electron chi connectivity index (χ3n) is 4.64. The third-order valence-corrected chi connectivity index (χ3v) is 6.07. The van der Waals surface area contributed by atoms with Gasteiger partial charge in [0.15, 0.2) is 0 Å². The zero-order valence-corrected chi connectivity index (χ0v) is 13.8. The van der Waals surface area contributed by atoms with Crippen molar-refractivity contribution in [2.45, 2.75) is 37.2 Å². The van der Waals surface area contributed by atoms with Crippen LogP contribution in [0.25, 0.3) is 0 Å². The number of nitrogens with one attached hydrogen (secondary N) is 1. The molecule has 0 aliphatic carbocycles. The number of hydrogen-bond donors (Lipinski definition) is 1. The number of fused-ring (bicyclic) bond motifs is 1. The standard InChI is InChI=1S/C19H23NS/c1-14(2)19(3)13-21-17-12-8-7-11-16(17)18(20-19)15-9-5-4-6-10-15/h4-12,14,18,20H,13H2,1-3H3/t18-,19+/m1/s1. The molecule has 0 amide bonds. The second kappa shape index (κ2) is 5.86. The van der Waals surface area contributed by atoms with E-state index in [4.69, 9.17) is 0 Å². The van der Waals surface area contributed by atoms with Crippen molar-refractivity contribution in [3.8, 4) is 0 Å². The Hall–Kier alpha value is -1.25. The number of rotatable bonds is 2. The highest BCUT2D eigenvalue weighted by atomic mass is 32.2. The first-order valence-corrected chi connectivity index (χ1v) is 8.63. The SMILES string of the molecule is CC(C)[C@]1(C)CSc2ccccc2[C@@H](c2ccccc2)N1. The number of hydrogen-bond acceptors (Lipinski definition) is 2. The molecular formula is C19H23NS. The van der Waals surface area contributed by atoms with Crippen LogP contribution in [0.3, 0.4) is 0 Å². The van der Waals surface area contributed by atoms with Crippen molar-refractivity contribution in [3.63, 3.8) is 0 Å². The van der Waals surface area contributed by atoms with Crippen molar-refractivity contribution in [1.29, 1.82) is 0 Å². The molecule has 1 heterocycles. The van der Waals surface area contributed by atoms with E-state index in [2.05, 4.69) is 80.7 Å². The van der Waals surface area contributed by atoms with Crippen LogP contribution in [0.1, 0.15) is 37.9 Å². The predicted molar refractivity (Wildman–Crippen MR) is 91.8 cm³/mol. The lowest BCUT2D eigenvalue weighted by Crippen LogP contribution is -2.50. The largest absolute Gasteiger partial charge is 0.300 e. The molecule has 110 valence electrons. The first-order chi connectivity index (χ1) is 10.1. The highest BCUT2D eigenvalue weighted by Crippen LogP contribution is 2.39. The summed E-state index contributed by atoms with van der Waals surface area (Å²) in [5.74, 6) is 1.69. The van der Waals surface area contributed by atoms with Gasteiger partial charge in [-0.25, -0.2) is 0 Å². The second-order valence-corrected chi connectivity index (χ2v) is 7.40. The second-order valence-electron chi connectivity index (χ2n) is 6.39. The topological polar surface area (TPSA) is 12.0 Å². The van der Waals surface area contributed by atoms with Crippen LogP contribution in [0.15, 0.2) is 59.5 Å². The fourth-order valence-electron chi connectivity index (χ4n) is 2.77. The fourth-order valence-corrected chi connectivity index (χ4v) is 4.17. The van der Waals surface area contributed by atoms with Gasteiger partial charge in [-0.15, -0.1) is 11.8 Å². The van der Waals surface area contributed by atoms with E-state index in [1.165, 1.54) is 16.0 Å². The molecule has 21 heavy (non-hydrogen) atoms. The van der Waals surface area contributed by atoms with E-state index in [0.29, 0.717) is 5.92 Å². The minimum absolute atomic E-state index is 0.129. The van der Waals surface area contributed by atoms with Gasteiger partial charge >= 0.3 is 0 Å². The van der Waals surface area contributed by atoms with E-state index in [1.807, 2.05) is 11.8 Å². The number of benzene rings is 2. The Balaban J connectivity index is 2.08. The molecule has 0 saturated carbocycles. The summed E-state index contributed by atoms with van der Waals surface area (Å²) in [5.41, 5.74) is 2.88. The van der Waals surface area contributed by atoms with Crippen LogP contribution in [-0.2, 0) is 0 Å². The van der Waals surface area contributed by atoms with Crippen LogP contribution in [-0.4, -0.2) is 11.3 Å². The molecule has 1 aliphatic rings. The van der Waals surface area contributed by atoms with Gasteiger partial charge in [-0.2, -0.15) is 0 Å². The van der Waals surface area contributed by atoms with Crippen molar-refractivity contribution in [1.82, 2.24) is 5.32 Å². The maximum Gasteiger partial charge on any atom is 0.0592 e. The Kier molecular flexibility index (Phi) is 4.10. The lowest BCUT2D eigenvalue weighted by atomic mass is 9.87. The lowest BCUT2D eigenvalue weighted by molar-refractivity contribution is 0.277. The van der Waals surface area contributed by atoms with Crippen LogP contribution in [0.4, 0.5) is 0 Å². The van der Waals surface area contributed by atoms with Crippen molar-refractivity contribution in [2.24, 2.45) is 5.92 Å². The average Bonchev–Trinajstić information content (AvgIpc) is 2.67. The summed E-state index contributed by atoms with van der Waals surface area (Å²) in [6.45, 7) is 6.98. The summed E-state index contributed by atoms with van der Waals surface area (Å²) in [6.07, 6.45) is 0. The molecule has 2 aromatic carbocycles. The van der Waals surface area contributed by atoms with Gasteiger partial charge in [-0.05, 0) is 30.0 Å². The smallest absolute Gasteiger partial charge is 0.0592 e. The number of thioether (sulfide) groups is 1. The van der Waals surface area contributed by atoms with E-state index in [-0.39, 0.29) is 11.6 Å². The van der Waals surface area contributed by atoms with E-state index < -0.39 is 0 Å². The van der Waals surface area contributed by atoms with E-state index in [0.717, 1.165) is 5.75 Å². The first-order valence-electron chi connectivity index (χ1n) is 7.64. The molecule has 0 fully saturated rings. The summed E-state index contributed by atoms with van der Waals surface area (Å²) in [7, 11) is 0. The Bertz CT molecular complexity index is 608. The minimum atomic E-state index is 0.129. The van der Waals surface area contributed by atoms with Gasteiger partial charge in [0, 0.05) is 16.2 Å². The Labute approximate surface area is 132 Å². The summed E-state index contributed by atoms with van der Waals surface area (Å²) in [5, 5.41) is 3.94. The molecule has 0 saturated heterocycles. The maximum atomic E-state index is 3.94. The van der Waals surface area contributed by atoms with Crippen LogP contribution >= 0.6 is 11.8 Å².